The molecule has 26 heavy (non-hydrogen) atoms. The van der Waals surface area contributed by atoms with Crippen LogP contribution in [0, 0.1) is 6.92 Å². The minimum Gasteiger partial charge on any atom is -0.508 e. The van der Waals surface area contributed by atoms with Crippen LogP contribution in [-0.2, 0) is 17.6 Å². The van der Waals surface area contributed by atoms with Crippen molar-refractivity contribution in [1.82, 2.24) is 10.3 Å². The van der Waals surface area contributed by atoms with Crippen LogP contribution >= 0.6 is 0 Å². The molecule has 1 amide bonds. The van der Waals surface area contributed by atoms with Gasteiger partial charge >= 0.3 is 5.97 Å². The molecule has 0 aliphatic heterocycles. The number of hydrogen-bond donors (Lipinski definition) is 3. The number of benzene rings is 1. The van der Waals surface area contributed by atoms with E-state index in [0.717, 1.165) is 30.4 Å². The topological polar surface area (TPSA) is 91.4 Å². The lowest BCUT2D eigenvalue weighted by atomic mass is 9.87. The highest BCUT2D eigenvalue weighted by Gasteiger charge is 2.27. The second-order valence-electron chi connectivity index (χ2n) is 6.59. The van der Waals surface area contributed by atoms with Gasteiger partial charge in [0.1, 0.15) is 11.4 Å². The van der Waals surface area contributed by atoms with Gasteiger partial charge in [-0.15, -0.1) is 0 Å². The molecule has 3 N–H and O–H groups in total. The number of amides is 1. The monoisotopic (exact) mass is 356 g/mol. The van der Waals surface area contributed by atoms with E-state index in [2.05, 4.69) is 10.3 Å². The molecule has 6 heteroatoms. The Bertz CT molecular complexity index is 854. The molecular formula is C20H24N2O4. The van der Waals surface area contributed by atoms with E-state index in [0.29, 0.717) is 28.9 Å². The number of phenols is 1. The molecule has 1 aliphatic rings. The molecule has 1 unspecified atom stereocenters. The first-order chi connectivity index (χ1) is 12.5. The Labute approximate surface area is 152 Å². The smallest absolute Gasteiger partial charge is 0.339 e. The van der Waals surface area contributed by atoms with Crippen LogP contribution in [0.25, 0.3) is 0 Å². The molecule has 0 bridgehead atoms. The zero-order chi connectivity index (χ0) is 18.8. The van der Waals surface area contributed by atoms with E-state index in [1.54, 1.807) is 19.1 Å². The molecule has 0 saturated heterocycles. The molecule has 1 aromatic heterocycles. The van der Waals surface area contributed by atoms with Gasteiger partial charge in [-0.3, -0.25) is 4.79 Å². The first-order valence-electron chi connectivity index (χ1n) is 8.89. The standard InChI is InChI=1S/C20H24N2O4/c1-4-14-17(20(25)26-3)11(2)18(21-14)19(24)22-15-9-5-8-13-12(15)7-6-10-16(13)23/h6-7,10,15,21,23H,4-5,8-9H2,1-3H3,(H,22,24). The number of fused-ring (bicyclic) bond motifs is 1. The van der Waals surface area contributed by atoms with Crippen LogP contribution in [0.2, 0.25) is 0 Å². The summed E-state index contributed by atoms with van der Waals surface area (Å²) in [6.07, 6.45) is 3.11. The summed E-state index contributed by atoms with van der Waals surface area (Å²) >= 11 is 0. The first-order valence-corrected chi connectivity index (χ1v) is 8.89. The van der Waals surface area contributed by atoms with Gasteiger partial charge in [0, 0.05) is 5.69 Å². The Balaban J connectivity index is 1.90. The van der Waals surface area contributed by atoms with Gasteiger partial charge in [-0.2, -0.15) is 0 Å². The summed E-state index contributed by atoms with van der Waals surface area (Å²) < 4.78 is 4.84. The van der Waals surface area contributed by atoms with Crippen LogP contribution < -0.4 is 5.32 Å². The van der Waals surface area contributed by atoms with Crippen molar-refractivity contribution in [3.8, 4) is 5.75 Å². The maximum atomic E-state index is 12.9. The van der Waals surface area contributed by atoms with Crippen molar-refractivity contribution < 1.29 is 19.4 Å². The first kappa shape index (κ1) is 18.0. The molecule has 138 valence electrons. The molecule has 3 rings (SSSR count). The minimum atomic E-state index is -0.442. The summed E-state index contributed by atoms with van der Waals surface area (Å²) in [5.74, 6) is -0.421. The second kappa shape index (κ2) is 7.23. The van der Waals surface area contributed by atoms with Gasteiger partial charge in [-0.1, -0.05) is 19.1 Å². The predicted octanol–water partition coefficient (Wildman–Crippen LogP) is 3.19. The van der Waals surface area contributed by atoms with E-state index in [1.807, 2.05) is 13.0 Å². The van der Waals surface area contributed by atoms with Gasteiger partial charge in [-0.05, 0) is 55.4 Å². The fraction of sp³-hybridized carbons (Fsp3) is 0.400. The van der Waals surface area contributed by atoms with Crippen LogP contribution in [0.1, 0.15) is 69.0 Å². The average Bonchev–Trinajstić information content (AvgIpc) is 2.98. The van der Waals surface area contributed by atoms with Gasteiger partial charge in [-0.25, -0.2) is 4.79 Å². The third-order valence-electron chi connectivity index (χ3n) is 5.09. The molecule has 1 aliphatic carbocycles. The zero-order valence-corrected chi connectivity index (χ0v) is 15.3. The number of methoxy groups -OCH3 is 1. The van der Waals surface area contributed by atoms with Crippen molar-refractivity contribution in [1.29, 1.82) is 0 Å². The molecule has 0 fully saturated rings. The van der Waals surface area contributed by atoms with E-state index in [9.17, 15) is 14.7 Å². The summed E-state index contributed by atoms with van der Waals surface area (Å²) in [4.78, 5) is 28.0. The summed E-state index contributed by atoms with van der Waals surface area (Å²) in [6, 6.07) is 5.25. The van der Waals surface area contributed by atoms with E-state index in [-0.39, 0.29) is 17.7 Å². The fourth-order valence-corrected chi connectivity index (χ4v) is 3.74. The van der Waals surface area contributed by atoms with Gasteiger partial charge in [0.15, 0.2) is 0 Å². The molecule has 2 aromatic rings. The second-order valence-corrected chi connectivity index (χ2v) is 6.59. The maximum Gasteiger partial charge on any atom is 0.339 e. The number of phenolic OH excluding ortho intramolecular Hbond substituents is 1. The van der Waals surface area contributed by atoms with E-state index < -0.39 is 5.97 Å². The Morgan fingerprint density at radius 2 is 2.15 bits per heavy atom. The highest BCUT2D eigenvalue weighted by atomic mass is 16.5. The van der Waals surface area contributed by atoms with Crippen molar-refractivity contribution in [3.63, 3.8) is 0 Å². The number of aromatic amines is 1. The number of nitrogens with one attached hydrogen (secondary N) is 2. The van der Waals surface area contributed by atoms with Crippen molar-refractivity contribution in [3.05, 3.63) is 51.8 Å². The number of carbonyl (C=O) groups is 2. The molecular weight excluding hydrogens is 332 g/mol. The van der Waals surface area contributed by atoms with Gasteiger partial charge < -0.3 is 20.1 Å². The molecule has 1 aromatic carbocycles. The third-order valence-corrected chi connectivity index (χ3v) is 5.09. The lowest BCUT2D eigenvalue weighted by Gasteiger charge is -2.26. The third kappa shape index (κ3) is 3.07. The Hall–Kier alpha value is -2.76. The molecule has 1 atom stereocenters. The fourth-order valence-electron chi connectivity index (χ4n) is 3.74. The van der Waals surface area contributed by atoms with E-state index in [4.69, 9.17) is 4.74 Å². The van der Waals surface area contributed by atoms with Crippen molar-refractivity contribution in [2.75, 3.05) is 7.11 Å². The average molecular weight is 356 g/mol. The molecule has 1 heterocycles. The van der Waals surface area contributed by atoms with Crippen LogP contribution in [0.4, 0.5) is 0 Å². The van der Waals surface area contributed by atoms with Crippen LogP contribution in [-0.4, -0.2) is 29.1 Å². The summed E-state index contributed by atoms with van der Waals surface area (Å²) in [6.45, 7) is 3.66. The quantitative estimate of drug-likeness (QED) is 0.734. The minimum absolute atomic E-state index is 0.160. The van der Waals surface area contributed by atoms with E-state index >= 15 is 0 Å². The SMILES string of the molecule is CCc1[nH]c(C(=O)NC2CCCc3c(O)cccc32)c(C)c1C(=O)OC. The van der Waals surface area contributed by atoms with Gasteiger partial charge in [0.25, 0.3) is 5.91 Å². The number of rotatable bonds is 4. The largest absolute Gasteiger partial charge is 0.508 e. The number of carbonyl (C=O) groups excluding carboxylic acids is 2. The Morgan fingerprint density at radius 3 is 2.85 bits per heavy atom. The molecule has 6 nitrogen and oxygen atoms in total. The van der Waals surface area contributed by atoms with Gasteiger partial charge in [0.2, 0.25) is 0 Å². The highest BCUT2D eigenvalue weighted by molar-refractivity contribution is 6.00. The number of ether oxygens (including phenoxy) is 1. The zero-order valence-electron chi connectivity index (χ0n) is 15.3. The number of esters is 1. The van der Waals surface area contributed by atoms with Crippen molar-refractivity contribution in [2.24, 2.45) is 0 Å². The maximum absolute atomic E-state index is 12.9. The lowest BCUT2D eigenvalue weighted by Crippen LogP contribution is -2.31. The number of H-pyrrole nitrogens is 1. The van der Waals surface area contributed by atoms with Crippen LogP contribution in [0.15, 0.2) is 18.2 Å². The van der Waals surface area contributed by atoms with Crippen molar-refractivity contribution >= 4 is 11.9 Å². The summed E-state index contributed by atoms with van der Waals surface area (Å²) in [5, 5.41) is 13.1. The predicted molar refractivity (Wildman–Crippen MR) is 97.5 cm³/mol. The number of hydrogen-bond acceptors (Lipinski definition) is 4. The Morgan fingerprint density at radius 1 is 1.38 bits per heavy atom. The molecule has 0 spiro atoms. The van der Waals surface area contributed by atoms with Gasteiger partial charge in [0.05, 0.1) is 18.7 Å². The van der Waals surface area contributed by atoms with Crippen LogP contribution in [0.5, 0.6) is 5.75 Å². The highest BCUT2D eigenvalue weighted by Crippen LogP contribution is 2.35. The normalized spacial score (nSPS) is 16.0. The molecule has 0 radical (unpaired) electrons. The van der Waals surface area contributed by atoms with E-state index in [1.165, 1.54) is 7.11 Å². The number of aromatic hydroxyl groups is 1. The summed E-state index contributed by atoms with van der Waals surface area (Å²) in [7, 11) is 1.33. The van der Waals surface area contributed by atoms with Crippen LogP contribution in [0.3, 0.4) is 0 Å². The number of aromatic nitrogens is 1. The summed E-state index contributed by atoms with van der Waals surface area (Å²) in [5.41, 5.74) is 3.96. The lowest BCUT2D eigenvalue weighted by molar-refractivity contribution is 0.0599. The molecule has 0 saturated carbocycles. The number of aryl methyl sites for hydroxylation is 1. The van der Waals surface area contributed by atoms with Crippen molar-refractivity contribution in [2.45, 2.75) is 45.6 Å². The Kier molecular flexibility index (Phi) is 5.02.